The Kier molecular flexibility index (Phi) is 2.20. The highest BCUT2D eigenvalue weighted by Gasteiger charge is 2.07. The van der Waals surface area contributed by atoms with E-state index in [-0.39, 0.29) is 0 Å². The summed E-state index contributed by atoms with van der Waals surface area (Å²) < 4.78 is 0. The van der Waals surface area contributed by atoms with Gasteiger partial charge in [0.2, 0.25) is 0 Å². The average molecular weight is 261 g/mol. The van der Waals surface area contributed by atoms with Gasteiger partial charge in [-0.05, 0) is 29.1 Å². The zero-order valence-electron chi connectivity index (χ0n) is 10.5. The fourth-order valence-corrected chi connectivity index (χ4v) is 2.43. The summed E-state index contributed by atoms with van der Waals surface area (Å²) in [7, 11) is 0. The molecule has 2 aromatic carbocycles. The van der Waals surface area contributed by atoms with E-state index in [1.165, 1.54) is 0 Å². The molecule has 0 amide bonds. The van der Waals surface area contributed by atoms with Crippen molar-refractivity contribution in [1.29, 1.82) is 0 Å². The predicted molar refractivity (Wildman–Crippen MR) is 79.0 cm³/mol. The minimum Gasteiger partial charge on any atom is -0.384 e. The molecule has 2 heterocycles. The van der Waals surface area contributed by atoms with Crippen LogP contribution in [0.15, 0.2) is 48.7 Å². The molecule has 0 fully saturated rings. The molecule has 20 heavy (non-hydrogen) atoms. The fraction of sp³-hybridized carbons (Fsp3) is 0. The van der Waals surface area contributed by atoms with Crippen molar-refractivity contribution in [3.63, 3.8) is 0 Å². The van der Waals surface area contributed by atoms with Crippen molar-refractivity contribution >= 4 is 27.6 Å². The van der Waals surface area contributed by atoms with Crippen molar-refractivity contribution < 1.29 is 0 Å². The van der Waals surface area contributed by atoms with Crippen LogP contribution in [0, 0.1) is 0 Å². The highest BCUT2D eigenvalue weighted by molar-refractivity contribution is 5.95. The Labute approximate surface area is 114 Å². The molecule has 0 radical (unpaired) electrons. The molecule has 0 saturated carbocycles. The van der Waals surface area contributed by atoms with Crippen LogP contribution < -0.4 is 5.73 Å². The Morgan fingerprint density at radius 2 is 1.90 bits per heavy atom. The standard InChI is InChI=1S/C15H11N5/c16-14-7-9-4-5-10(6-11(9)8-17-14)12-2-1-3-13-15(12)19-20-18-13/h1-8H,(H2,16,17)(H,18,19,20). The molecular formula is C15H11N5. The monoisotopic (exact) mass is 261 g/mol. The molecule has 0 atom stereocenters. The molecule has 4 rings (SSSR count). The van der Waals surface area contributed by atoms with Gasteiger partial charge in [0.1, 0.15) is 16.9 Å². The maximum Gasteiger partial charge on any atom is 0.123 e. The van der Waals surface area contributed by atoms with Crippen LogP contribution in [-0.4, -0.2) is 20.4 Å². The third-order valence-electron chi connectivity index (χ3n) is 3.40. The van der Waals surface area contributed by atoms with Gasteiger partial charge in [0.05, 0.1) is 0 Å². The van der Waals surface area contributed by atoms with E-state index in [1.807, 2.05) is 30.3 Å². The number of nitrogens with two attached hydrogens (primary N) is 1. The van der Waals surface area contributed by atoms with Gasteiger partial charge >= 0.3 is 0 Å². The number of rotatable bonds is 1. The number of aromatic amines is 1. The molecule has 2 aromatic heterocycles. The molecule has 4 aromatic rings. The molecule has 0 saturated heterocycles. The minimum atomic E-state index is 0.531. The maximum atomic E-state index is 5.70. The van der Waals surface area contributed by atoms with Gasteiger partial charge in [-0.2, -0.15) is 15.4 Å². The molecule has 0 unspecified atom stereocenters. The zero-order valence-corrected chi connectivity index (χ0v) is 10.5. The third-order valence-corrected chi connectivity index (χ3v) is 3.40. The summed E-state index contributed by atoms with van der Waals surface area (Å²) >= 11 is 0. The van der Waals surface area contributed by atoms with Crippen LogP contribution >= 0.6 is 0 Å². The normalized spacial score (nSPS) is 11.2. The minimum absolute atomic E-state index is 0.531. The first-order chi connectivity index (χ1) is 9.81. The van der Waals surface area contributed by atoms with Gasteiger partial charge in [-0.25, -0.2) is 4.98 Å². The van der Waals surface area contributed by atoms with Gasteiger partial charge in [-0.1, -0.05) is 24.3 Å². The average Bonchev–Trinajstić information content (AvgIpc) is 2.95. The Bertz CT molecular complexity index is 926. The smallest absolute Gasteiger partial charge is 0.123 e. The van der Waals surface area contributed by atoms with Crippen molar-refractivity contribution in [1.82, 2.24) is 20.4 Å². The van der Waals surface area contributed by atoms with E-state index < -0.39 is 0 Å². The van der Waals surface area contributed by atoms with Crippen LogP contribution in [0.4, 0.5) is 5.82 Å². The number of fused-ring (bicyclic) bond motifs is 2. The van der Waals surface area contributed by atoms with Crippen LogP contribution in [0.1, 0.15) is 0 Å². The summed E-state index contributed by atoms with van der Waals surface area (Å²) in [4.78, 5) is 4.14. The maximum absolute atomic E-state index is 5.70. The lowest BCUT2D eigenvalue weighted by atomic mass is 10.0. The number of pyridine rings is 1. The lowest BCUT2D eigenvalue weighted by molar-refractivity contribution is 0.959. The van der Waals surface area contributed by atoms with Crippen LogP contribution in [0.2, 0.25) is 0 Å². The Hall–Kier alpha value is -2.95. The van der Waals surface area contributed by atoms with Crippen molar-refractivity contribution in [3.8, 4) is 11.1 Å². The molecule has 0 aliphatic rings. The lowest BCUT2D eigenvalue weighted by Gasteiger charge is -2.05. The summed E-state index contributed by atoms with van der Waals surface area (Å²) in [5.74, 6) is 0.531. The first-order valence-electron chi connectivity index (χ1n) is 6.26. The summed E-state index contributed by atoms with van der Waals surface area (Å²) in [5, 5.41) is 13.1. The number of aromatic nitrogens is 4. The lowest BCUT2D eigenvalue weighted by Crippen LogP contribution is -1.89. The second-order valence-corrected chi connectivity index (χ2v) is 4.67. The number of H-pyrrole nitrogens is 1. The van der Waals surface area contributed by atoms with Gasteiger partial charge in [-0.15, -0.1) is 0 Å². The number of hydrogen-bond acceptors (Lipinski definition) is 4. The van der Waals surface area contributed by atoms with Crippen LogP contribution in [0.5, 0.6) is 0 Å². The number of anilines is 1. The largest absolute Gasteiger partial charge is 0.384 e. The summed E-state index contributed by atoms with van der Waals surface area (Å²) in [6.07, 6.45) is 1.79. The number of nitrogens with one attached hydrogen (secondary N) is 1. The predicted octanol–water partition coefficient (Wildman–Crippen LogP) is 2.76. The molecule has 0 spiro atoms. The Morgan fingerprint density at radius 1 is 0.950 bits per heavy atom. The van der Waals surface area contributed by atoms with Crippen molar-refractivity contribution in [2.24, 2.45) is 0 Å². The number of hydrogen-bond donors (Lipinski definition) is 2. The van der Waals surface area contributed by atoms with Gasteiger partial charge in [-0.3, -0.25) is 0 Å². The molecule has 0 bridgehead atoms. The second-order valence-electron chi connectivity index (χ2n) is 4.67. The SMILES string of the molecule is Nc1cc2ccc(-c3cccc4n[nH]nc34)cc2cn1. The molecular weight excluding hydrogens is 250 g/mol. The second kappa shape index (κ2) is 4.03. The molecule has 0 aliphatic carbocycles. The van der Waals surface area contributed by atoms with E-state index in [0.717, 1.165) is 32.9 Å². The first kappa shape index (κ1) is 10.9. The van der Waals surface area contributed by atoms with Gasteiger partial charge in [0.15, 0.2) is 0 Å². The van der Waals surface area contributed by atoms with Crippen molar-refractivity contribution in [3.05, 3.63) is 48.7 Å². The van der Waals surface area contributed by atoms with Crippen LogP contribution in [0.3, 0.4) is 0 Å². The quantitative estimate of drug-likeness (QED) is 0.552. The third kappa shape index (κ3) is 1.60. The van der Waals surface area contributed by atoms with E-state index in [0.29, 0.717) is 5.82 Å². The summed E-state index contributed by atoms with van der Waals surface area (Å²) in [6, 6.07) is 14.0. The number of nitrogens with zero attached hydrogens (tertiary/aromatic N) is 3. The van der Waals surface area contributed by atoms with Crippen molar-refractivity contribution in [2.75, 3.05) is 5.73 Å². The Morgan fingerprint density at radius 3 is 2.85 bits per heavy atom. The topological polar surface area (TPSA) is 80.5 Å². The molecule has 5 heteroatoms. The van der Waals surface area contributed by atoms with Gasteiger partial charge in [0.25, 0.3) is 0 Å². The van der Waals surface area contributed by atoms with Gasteiger partial charge in [0, 0.05) is 17.1 Å². The molecule has 3 N–H and O–H groups in total. The van der Waals surface area contributed by atoms with E-state index in [4.69, 9.17) is 5.73 Å². The number of benzene rings is 2. The molecule has 0 aliphatic heterocycles. The summed E-state index contributed by atoms with van der Waals surface area (Å²) in [6.45, 7) is 0. The van der Waals surface area contributed by atoms with Crippen LogP contribution in [0.25, 0.3) is 32.9 Å². The molecule has 96 valence electrons. The first-order valence-corrected chi connectivity index (χ1v) is 6.26. The van der Waals surface area contributed by atoms with E-state index in [1.54, 1.807) is 6.20 Å². The molecule has 5 nitrogen and oxygen atoms in total. The van der Waals surface area contributed by atoms with E-state index >= 15 is 0 Å². The van der Waals surface area contributed by atoms with Gasteiger partial charge < -0.3 is 5.73 Å². The summed E-state index contributed by atoms with van der Waals surface area (Å²) in [5.41, 5.74) is 9.57. The highest BCUT2D eigenvalue weighted by atomic mass is 15.3. The highest BCUT2D eigenvalue weighted by Crippen LogP contribution is 2.28. The number of para-hydroxylation sites is 1. The Balaban J connectivity index is 1.98. The van der Waals surface area contributed by atoms with Crippen LogP contribution in [-0.2, 0) is 0 Å². The van der Waals surface area contributed by atoms with Crippen molar-refractivity contribution in [2.45, 2.75) is 0 Å². The number of nitrogen functional groups attached to an aromatic ring is 1. The van der Waals surface area contributed by atoms with E-state index in [2.05, 4.69) is 32.5 Å². The van der Waals surface area contributed by atoms with E-state index in [9.17, 15) is 0 Å². The fourth-order valence-electron chi connectivity index (χ4n) is 2.43. The zero-order chi connectivity index (χ0) is 13.5.